The number of rotatable bonds is 3. The van der Waals surface area contributed by atoms with Gasteiger partial charge in [-0.1, -0.05) is 24.6 Å². The lowest BCUT2D eigenvalue weighted by Gasteiger charge is -2.26. The highest BCUT2D eigenvalue weighted by molar-refractivity contribution is 8.00. The second-order valence-corrected chi connectivity index (χ2v) is 6.21. The van der Waals surface area contributed by atoms with Gasteiger partial charge in [-0.25, -0.2) is 4.79 Å². The smallest absolute Gasteiger partial charge is 0.330 e. The molecular weight excluding hydrogens is 258 g/mol. The first kappa shape index (κ1) is 12.6. The normalized spacial score (nSPS) is 28.0. The van der Waals surface area contributed by atoms with Crippen LogP contribution in [0.3, 0.4) is 0 Å². The molecule has 2 atom stereocenters. The van der Waals surface area contributed by atoms with Gasteiger partial charge in [0.15, 0.2) is 0 Å². The highest BCUT2D eigenvalue weighted by Crippen LogP contribution is 2.37. The molecule has 0 aromatic heterocycles. The van der Waals surface area contributed by atoms with E-state index < -0.39 is 11.5 Å². The molecule has 1 aromatic rings. The van der Waals surface area contributed by atoms with E-state index in [9.17, 15) is 9.90 Å². The topological polar surface area (TPSA) is 49.3 Å². The molecule has 2 N–H and O–H groups in total. The fraction of sp³-hybridized carbons (Fsp3) is 0.417. The van der Waals surface area contributed by atoms with Crippen LogP contribution in [0.4, 0.5) is 5.69 Å². The number of anilines is 1. The van der Waals surface area contributed by atoms with Crippen molar-refractivity contribution < 1.29 is 9.90 Å². The van der Waals surface area contributed by atoms with Crippen molar-refractivity contribution in [2.75, 3.05) is 11.1 Å². The summed E-state index contributed by atoms with van der Waals surface area (Å²) in [4.78, 5) is 11.4. The zero-order chi connectivity index (χ0) is 12.5. The number of carbonyl (C=O) groups is 1. The molecular formula is C12H14ClNO2S. The summed E-state index contributed by atoms with van der Waals surface area (Å²) in [5.41, 5.74) is -0.107. The van der Waals surface area contributed by atoms with Gasteiger partial charge in [0.25, 0.3) is 0 Å². The van der Waals surface area contributed by atoms with E-state index in [2.05, 4.69) is 12.2 Å². The van der Waals surface area contributed by atoms with E-state index >= 15 is 0 Å². The van der Waals surface area contributed by atoms with Crippen molar-refractivity contribution in [2.45, 2.75) is 24.1 Å². The van der Waals surface area contributed by atoms with Gasteiger partial charge < -0.3 is 10.4 Å². The molecule has 92 valence electrons. The third kappa shape index (κ3) is 2.69. The van der Waals surface area contributed by atoms with Crippen LogP contribution in [0.15, 0.2) is 24.3 Å². The fourth-order valence-electron chi connectivity index (χ4n) is 2.03. The molecule has 1 saturated heterocycles. The summed E-state index contributed by atoms with van der Waals surface area (Å²) < 4.78 is 0. The summed E-state index contributed by atoms with van der Waals surface area (Å²) in [6, 6.07) is 7.17. The molecule has 0 spiro atoms. The number of hydrogen-bond donors (Lipinski definition) is 2. The van der Waals surface area contributed by atoms with Gasteiger partial charge in [0.2, 0.25) is 0 Å². The van der Waals surface area contributed by atoms with Crippen molar-refractivity contribution in [2.24, 2.45) is 0 Å². The molecule has 17 heavy (non-hydrogen) atoms. The number of carboxylic acid groups (broad SMARTS) is 1. The van der Waals surface area contributed by atoms with Gasteiger partial charge in [0.1, 0.15) is 5.54 Å². The maximum absolute atomic E-state index is 11.4. The lowest BCUT2D eigenvalue weighted by molar-refractivity contribution is -0.141. The predicted octanol–water partition coefficient (Wildman–Crippen LogP) is 3.10. The van der Waals surface area contributed by atoms with Crippen LogP contribution in [-0.2, 0) is 4.79 Å². The van der Waals surface area contributed by atoms with Gasteiger partial charge in [0.05, 0.1) is 0 Å². The average molecular weight is 272 g/mol. The average Bonchev–Trinajstić information content (AvgIpc) is 2.61. The van der Waals surface area contributed by atoms with Gasteiger partial charge in [-0.2, -0.15) is 11.8 Å². The minimum atomic E-state index is -0.866. The molecule has 1 heterocycles. The standard InChI is InChI=1S/C12H14ClNO2S/c1-8-6-12(7-17-8,11(15)16)14-10-4-2-3-9(13)5-10/h2-5,8,14H,6-7H2,1H3,(H,15,16). The summed E-state index contributed by atoms with van der Waals surface area (Å²) in [5.74, 6) is -0.218. The Hall–Kier alpha value is -0.870. The Labute approximate surface area is 110 Å². The molecule has 1 fully saturated rings. The van der Waals surface area contributed by atoms with E-state index in [1.807, 2.05) is 12.1 Å². The van der Waals surface area contributed by atoms with Crippen LogP contribution >= 0.6 is 23.4 Å². The largest absolute Gasteiger partial charge is 0.479 e. The maximum atomic E-state index is 11.4. The Morgan fingerprint density at radius 3 is 2.94 bits per heavy atom. The molecule has 0 saturated carbocycles. The molecule has 1 aliphatic rings. The van der Waals surface area contributed by atoms with E-state index in [-0.39, 0.29) is 0 Å². The second kappa shape index (κ2) is 4.78. The van der Waals surface area contributed by atoms with Crippen LogP contribution in [0.2, 0.25) is 5.02 Å². The summed E-state index contributed by atoms with van der Waals surface area (Å²) in [5, 5.41) is 13.5. The number of hydrogen-bond acceptors (Lipinski definition) is 3. The Morgan fingerprint density at radius 2 is 2.41 bits per heavy atom. The highest BCUT2D eigenvalue weighted by atomic mass is 35.5. The Kier molecular flexibility index (Phi) is 3.54. The molecule has 0 amide bonds. The molecule has 1 aliphatic heterocycles. The zero-order valence-electron chi connectivity index (χ0n) is 9.44. The molecule has 5 heteroatoms. The van der Waals surface area contributed by atoms with Crippen molar-refractivity contribution in [1.82, 2.24) is 0 Å². The van der Waals surface area contributed by atoms with Crippen molar-refractivity contribution in [3.63, 3.8) is 0 Å². The van der Waals surface area contributed by atoms with Gasteiger partial charge in [-0.05, 0) is 24.6 Å². The third-order valence-electron chi connectivity index (χ3n) is 2.87. The van der Waals surface area contributed by atoms with Crippen LogP contribution in [0.5, 0.6) is 0 Å². The lowest BCUT2D eigenvalue weighted by Crippen LogP contribution is -2.46. The maximum Gasteiger partial charge on any atom is 0.330 e. The highest BCUT2D eigenvalue weighted by Gasteiger charge is 2.44. The summed E-state index contributed by atoms with van der Waals surface area (Å²) in [7, 11) is 0. The Bertz CT molecular complexity index is 440. The van der Waals surface area contributed by atoms with E-state index in [0.717, 1.165) is 5.69 Å². The monoisotopic (exact) mass is 271 g/mol. The van der Waals surface area contributed by atoms with Gasteiger partial charge in [-0.3, -0.25) is 0 Å². The quantitative estimate of drug-likeness (QED) is 0.887. The number of aliphatic carboxylic acids is 1. The van der Waals surface area contributed by atoms with Crippen molar-refractivity contribution in [3.8, 4) is 0 Å². The molecule has 1 aromatic carbocycles. The first-order valence-electron chi connectivity index (χ1n) is 5.41. The minimum absolute atomic E-state index is 0.359. The van der Waals surface area contributed by atoms with Gasteiger partial charge in [0, 0.05) is 21.7 Å². The van der Waals surface area contributed by atoms with Crippen LogP contribution in [0.25, 0.3) is 0 Å². The summed E-state index contributed by atoms with van der Waals surface area (Å²) in [6.07, 6.45) is 0.625. The van der Waals surface area contributed by atoms with Crippen LogP contribution < -0.4 is 5.32 Å². The third-order valence-corrected chi connectivity index (χ3v) is 4.50. The molecule has 3 nitrogen and oxygen atoms in total. The number of benzene rings is 1. The van der Waals surface area contributed by atoms with Crippen LogP contribution in [-0.4, -0.2) is 27.6 Å². The van der Waals surface area contributed by atoms with Crippen LogP contribution in [0, 0.1) is 0 Å². The molecule has 2 unspecified atom stereocenters. The number of thioether (sulfide) groups is 1. The molecule has 0 bridgehead atoms. The van der Waals surface area contributed by atoms with Crippen LogP contribution in [0.1, 0.15) is 13.3 Å². The summed E-state index contributed by atoms with van der Waals surface area (Å²) in [6.45, 7) is 2.05. The number of nitrogens with one attached hydrogen (secondary N) is 1. The fourth-order valence-corrected chi connectivity index (χ4v) is 3.50. The van der Waals surface area contributed by atoms with Crippen molar-refractivity contribution in [1.29, 1.82) is 0 Å². The molecule has 0 aliphatic carbocycles. The number of halogens is 1. The Morgan fingerprint density at radius 1 is 1.65 bits per heavy atom. The molecule has 2 rings (SSSR count). The van der Waals surface area contributed by atoms with E-state index in [0.29, 0.717) is 22.4 Å². The zero-order valence-corrected chi connectivity index (χ0v) is 11.0. The summed E-state index contributed by atoms with van der Waals surface area (Å²) >= 11 is 7.57. The van der Waals surface area contributed by atoms with Crippen molar-refractivity contribution >= 4 is 35.0 Å². The lowest BCUT2D eigenvalue weighted by atomic mass is 9.96. The van der Waals surface area contributed by atoms with Gasteiger partial charge >= 0.3 is 5.97 Å². The Balaban J connectivity index is 2.22. The first-order valence-corrected chi connectivity index (χ1v) is 6.83. The van der Waals surface area contributed by atoms with Crippen molar-refractivity contribution in [3.05, 3.63) is 29.3 Å². The number of carboxylic acids is 1. The van der Waals surface area contributed by atoms with Gasteiger partial charge in [-0.15, -0.1) is 0 Å². The first-order chi connectivity index (χ1) is 8.02. The predicted molar refractivity (Wildman–Crippen MR) is 72.0 cm³/mol. The minimum Gasteiger partial charge on any atom is -0.479 e. The second-order valence-electron chi connectivity index (χ2n) is 4.35. The van der Waals surface area contributed by atoms with E-state index in [4.69, 9.17) is 11.6 Å². The van der Waals surface area contributed by atoms with E-state index in [1.165, 1.54) is 0 Å². The SMILES string of the molecule is CC1CC(Nc2cccc(Cl)c2)(C(=O)O)CS1. The van der Waals surface area contributed by atoms with E-state index in [1.54, 1.807) is 23.9 Å². The molecule has 0 radical (unpaired) electrons.